The number of aryl methyl sites for hydroxylation is 1. The second kappa shape index (κ2) is 9.72. The van der Waals surface area contributed by atoms with Crippen LogP contribution in [0.3, 0.4) is 0 Å². The molecule has 1 atom stereocenters. The summed E-state index contributed by atoms with van der Waals surface area (Å²) < 4.78 is 41.2. The van der Waals surface area contributed by atoms with Gasteiger partial charge in [-0.15, -0.1) is 0 Å². The highest BCUT2D eigenvalue weighted by Crippen LogP contribution is 2.21. The van der Waals surface area contributed by atoms with E-state index in [0.717, 1.165) is 12.7 Å². The average molecular weight is 390 g/mol. The first-order valence-electron chi connectivity index (χ1n) is 7.79. The molecule has 0 saturated carbocycles. The zero-order valence-corrected chi connectivity index (χ0v) is 15.0. The molecule has 1 unspecified atom stereocenters. The molecule has 0 spiro atoms. The van der Waals surface area contributed by atoms with Crippen molar-refractivity contribution in [1.29, 1.82) is 0 Å². The normalized spacial score (nSPS) is 11.8. The third-order valence-corrected chi connectivity index (χ3v) is 3.32. The Morgan fingerprint density at radius 2 is 2.04 bits per heavy atom. The number of carbonyl (C=O) groups excluding carboxylic acids is 1. The van der Waals surface area contributed by atoms with E-state index >= 15 is 0 Å². The molecular weight excluding hydrogens is 365 g/mol. The lowest BCUT2D eigenvalue weighted by atomic mass is 10.1. The van der Waals surface area contributed by atoms with Crippen LogP contribution in [0.2, 0.25) is 0 Å². The van der Waals surface area contributed by atoms with Crippen LogP contribution in [0.4, 0.5) is 19.0 Å². The molecule has 10 heteroatoms. The van der Waals surface area contributed by atoms with E-state index in [0.29, 0.717) is 11.4 Å². The first-order chi connectivity index (χ1) is 12.7. The lowest BCUT2D eigenvalue weighted by Gasteiger charge is -2.15. The number of nitrogens with zero attached hydrogens (tertiary/aromatic N) is 2. The van der Waals surface area contributed by atoms with Crippen molar-refractivity contribution in [2.24, 2.45) is 0 Å². The summed E-state index contributed by atoms with van der Waals surface area (Å²) in [7, 11) is 1.00. The largest absolute Gasteiger partial charge is 0.468 e. The number of rotatable bonds is 5. The van der Waals surface area contributed by atoms with Gasteiger partial charge in [-0.2, -0.15) is 13.2 Å². The van der Waals surface area contributed by atoms with E-state index in [1.54, 1.807) is 19.1 Å². The van der Waals surface area contributed by atoms with Crippen molar-refractivity contribution in [1.82, 2.24) is 15.3 Å². The number of hydrogen-bond donors (Lipinski definition) is 3. The number of nitrogens with two attached hydrogens (primary N) is 1. The van der Waals surface area contributed by atoms with Crippen molar-refractivity contribution >= 4 is 11.7 Å². The SMILES string of the molecule is CO.Cc1cc(C(=O)NC(C)c2ccnc(N)c2)cnc1OCC(F)(F)F.[HH].[HH]. The fourth-order valence-corrected chi connectivity index (χ4v) is 2.09. The number of amides is 1. The summed E-state index contributed by atoms with van der Waals surface area (Å²) >= 11 is 0. The predicted octanol–water partition coefficient (Wildman–Crippen LogP) is 2.90. The fraction of sp³-hybridized carbons (Fsp3) is 0.353. The number of pyridine rings is 2. The topological polar surface area (TPSA) is 110 Å². The number of hydrogen-bond acceptors (Lipinski definition) is 6. The molecular formula is C17H25F3N4O3. The molecule has 0 bridgehead atoms. The average Bonchev–Trinajstić information content (AvgIpc) is 2.61. The maximum absolute atomic E-state index is 12.3. The number of aliphatic hydroxyl groups is 1. The van der Waals surface area contributed by atoms with Gasteiger partial charge >= 0.3 is 6.18 Å². The molecule has 7 nitrogen and oxygen atoms in total. The Bertz CT molecular complexity index is 780. The van der Waals surface area contributed by atoms with Gasteiger partial charge in [-0.25, -0.2) is 9.97 Å². The number of halogens is 3. The highest BCUT2D eigenvalue weighted by atomic mass is 19.4. The van der Waals surface area contributed by atoms with Crippen LogP contribution >= 0.6 is 0 Å². The zero-order chi connectivity index (χ0) is 20.6. The number of nitrogens with one attached hydrogen (secondary N) is 1. The van der Waals surface area contributed by atoms with Gasteiger partial charge in [0.15, 0.2) is 6.61 Å². The molecule has 2 heterocycles. The highest BCUT2D eigenvalue weighted by molar-refractivity contribution is 5.94. The second-order valence-corrected chi connectivity index (χ2v) is 5.46. The molecule has 27 heavy (non-hydrogen) atoms. The van der Waals surface area contributed by atoms with Gasteiger partial charge in [-0.3, -0.25) is 4.79 Å². The van der Waals surface area contributed by atoms with Crippen molar-refractivity contribution in [2.75, 3.05) is 19.5 Å². The summed E-state index contributed by atoms with van der Waals surface area (Å²) in [6.07, 6.45) is -1.75. The van der Waals surface area contributed by atoms with E-state index in [9.17, 15) is 18.0 Å². The second-order valence-electron chi connectivity index (χ2n) is 5.46. The van der Waals surface area contributed by atoms with Crippen LogP contribution < -0.4 is 15.8 Å². The molecule has 0 fully saturated rings. The fourth-order valence-electron chi connectivity index (χ4n) is 2.09. The third kappa shape index (κ3) is 7.10. The van der Waals surface area contributed by atoms with E-state index in [2.05, 4.69) is 20.0 Å². The first-order valence-corrected chi connectivity index (χ1v) is 7.79. The van der Waals surface area contributed by atoms with Crippen LogP contribution in [0.5, 0.6) is 5.88 Å². The lowest BCUT2D eigenvalue weighted by Crippen LogP contribution is -2.27. The van der Waals surface area contributed by atoms with Crippen LogP contribution in [0.25, 0.3) is 0 Å². The van der Waals surface area contributed by atoms with Crippen molar-refractivity contribution in [3.63, 3.8) is 0 Å². The molecule has 0 radical (unpaired) electrons. The summed E-state index contributed by atoms with van der Waals surface area (Å²) in [5, 5.41) is 9.76. The van der Waals surface area contributed by atoms with Gasteiger partial charge < -0.3 is 20.9 Å². The Morgan fingerprint density at radius 3 is 2.59 bits per heavy atom. The van der Waals surface area contributed by atoms with E-state index in [4.69, 9.17) is 10.8 Å². The molecule has 0 aromatic carbocycles. The number of anilines is 1. The predicted molar refractivity (Wildman–Crippen MR) is 97.4 cm³/mol. The number of alkyl halides is 3. The maximum atomic E-state index is 12.3. The van der Waals surface area contributed by atoms with E-state index < -0.39 is 18.7 Å². The molecule has 0 aliphatic rings. The van der Waals surface area contributed by atoms with Gasteiger partial charge in [0, 0.05) is 27.9 Å². The molecule has 0 aliphatic heterocycles. The standard InChI is InChI=1S/C16H17F3N4O2.CH4O.2H2/c1-9-5-12(7-22-15(9)25-8-16(17,18)19)14(24)23-10(2)11-3-4-21-13(20)6-11;1-2;;/h3-7,10H,8H2,1-2H3,(H2,20,21)(H,23,24);2H,1H3;2*1H. The number of aliphatic hydroxyl groups excluding tert-OH is 1. The number of nitrogen functional groups attached to an aromatic ring is 1. The summed E-state index contributed by atoms with van der Waals surface area (Å²) in [5.74, 6) is -0.244. The minimum atomic E-state index is -4.45. The van der Waals surface area contributed by atoms with Crippen molar-refractivity contribution < 1.29 is 30.7 Å². The Morgan fingerprint density at radius 1 is 1.37 bits per heavy atom. The number of carbonyl (C=O) groups is 1. The Kier molecular flexibility index (Phi) is 7.98. The molecule has 2 aromatic heterocycles. The third-order valence-electron chi connectivity index (χ3n) is 3.32. The van der Waals surface area contributed by atoms with E-state index in [1.165, 1.54) is 25.4 Å². The molecule has 2 rings (SSSR count). The van der Waals surface area contributed by atoms with Crippen LogP contribution in [0, 0.1) is 6.92 Å². The summed E-state index contributed by atoms with van der Waals surface area (Å²) in [6, 6.07) is 4.45. The highest BCUT2D eigenvalue weighted by Gasteiger charge is 2.29. The minimum Gasteiger partial charge on any atom is -0.468 e. The van der Waals surface area contributed by atoms with Gasteiger partial charge in [-0.05, 0) is 37.6 Å². The number of aromatic nitrogens is 2. The smallest absolute Gasteiger partial charge is 0.422 e. The molecule has 1 amide bonds. The van der Waals surface area contributed by atoms with Gasteiger partial charge in [0.1, 0.15) is 5.82 Å². The maximum Gasteiger partial charge on any atom is 0.422 e. The van der Waals surface area contributed by atoms with E-state index in [-0.39, 0.29) is 20.3 Å². The van der Waals surface area contributed by atoms with Crippen molar-refractivity contribution in [2.45, 2.75) is 26.1 Å². The summed E-state index contributed by atoms with van der Waals surface area (Å²) in [5.41, 5.74) is 6.92. The minimum absolute atomic E-state index is 0. The molecule has 4 N–H and O–H groups in total. The van der Waals surface area contributed by atoms with Crippen LogP contribution in [-0.2, 0) is 0 Å². The van der Waals surface area contributed by atoms with Crippen molar-refractivity contribution in [3.8, 4) is 5.88 Å². The molecule has 0 saturated heterocycles. The monoisotopic (exact) mass is 390 g/mol. The van der Waals surface area contributed by atoms with Crippen LogP contribution in [0.1, 0.15) is 37.3 Å². The van der Waals surface area contributed by atoms with E-state index in [1.807, 2.05) is 0 Å². The van der Waals surface area contributed by atoms with Crippen LogP contribution in [-0.4, -0.2) is 40.9 Å². The summed E-state index contributed by atoms with van der Waals surface area (Å²) in [6.45, 7) is 1.85. The Balaban J connectivity index is 0. The Hall–Kier alpha value is -2.88. The molecule has 2 aromatic rings. The first kappa shape index (κ1) is 22.2. The molecule has 0 aliphatic carbocycles. The van der Waals surface area contributed by atoms with Crippen LogP contribution in [0.15, 0.2) is 30.6 Å². The summed E-state index contributed by atoms with van der Waals surface area (Å²) in [4.78, 5) is 19.9. The number of ether oxygens (including phenoxy) is 1. The van der Waals surface area contributed by atoms with Crippen molar-refractivity contribution in [3.05, 3.63) is 47.3 Å². The lowest BCUT2D eigenvalue weighted by molar-refractivity contribution is -0.154. The molecule has 152 valence electrons. The van der Waals surface area contributed by atoms with Gasteiger partial charge in [0.25, 0.3) is 5.91 Å². The van der Waals surface area contributed by atoms with Gasteiger partial charge in [0.2, 0.25) is 5.88 Å². The Labute approximate surface area is 157 Å². The van der Waals surface area contributed by atoms with Gasteiger partial charge in [0.05, 0.1) is 11.6 Å². The quantitative estimate of drug-likeness (QED) is 0.724. The van der Waals surface area contributed by atoms with Gasteiger partial charge in [-0.1, -0.05) is 0 Å². The zero-order valence-electron chi connectivity index (χ0n) is 15.0.